The molecule has 0 saturated heterocycles. The van der Waals surface area contributed by atoms with Crippen LogP contribution in [0.5, 0.6) is 0 Å². The van der Waals surface area contributed by atoms with Crippen molar-refractivity contribution in [3.05, 3.63) is 30.5 Å². The quantitative estimate of drug-likeness (QED) is 0.850. The first kappa shape index (κ1) is 12.0. The van der Waals surface area contributed by atoms with E-state index in [1.54, 1.807) is 0 Å². The van der Waals surface area contributed by atoms with Gasteiger partial charge >= 0.3 is 0 Å². The molecule has 0 bridgehead atoms. The summed E-state index contributed by atoms with van der Waals surface area (Å²) in [6, 6.07) is 8.38. The summed E-state index contributed by atoms with van der Waals surface area (Å²) in [7, 11) is 2.04. The number of H-pyrrole nitrogens is 1. The van der Waals surface area contributed by atoms with Crippen molar-refractivity contribution >= 4 is 16.6 Å². The zero-order valence-corrected chi connectivity index (χ0v) is 10.6. The number of fused-ring (bicyclic) bond motifs is 1. The maximum absolute atomic E-state index is 9.49. The predicted molar refractivity (Wildman–Crippen MR) is 72.4 cm³/mol. The third-order valence-corrected chi connectivity index (χ3v) is 3.40. The summed E-state index contributed by atoms with van der Waals surface area (Å²) in [5, 5.41) is 10.7. The first-order valence-corrected chi connectivity index (χ1v) is 6.05. The Bertz CT molecular complexity index is 490. The molecule has 0 amide bonds. The molecule has 92 valence electrons. The van der Waals surface area contributed by atoms with E-state index in [9.17, 15) is 5.11 Å². The van der Waals surface area contributed by atoms with E-state index < -0.39 is 0 Å². The molecule has 2 aromatic rings. The first-order chi connectivity index (χ1) is 8.15. The van der Waals surface area contributed by atoms with Crippen molar-refractivity contribution < 1.29 is 5.11 Å². The molecule has 0 saturated carbocycles. The Morgan fingerprint density at radius 3 is 2.65 bits per heavy atom. The van der Waals surface area contributed by atoms with Gasteiger partial charge in [-0.1, -0.05) is 32.0 Å². The normalized spacial score (nSPS) is 13.2. The van der Waals surface area contributed by atoms with Crippen LogP contribution >= 0.6 is 0 Å². The summed E-state index contributed by atoms with van der Waals surface area (Å²) in [5.41, 5.74) is 2.28. The molecule has 3 nitrogen and oxygen atoms in total. The van der Waals surface area contributed by atoms with Crippen LogP contribution in [0.4, 0.5) is 5.69 Å². The van der Waals surface area contributed by atoms with E-state index >= 15 is 0 Å². The third-order valence-electron chi connectivity index (χ3n) is 3.40. The molecule has 0 aliphatic heterocycles. The lowest BCUT2D eigenvalue weighted by Gasteiger charge is -2.31. The summed E-state index contributed by atoms with van der Waals surface area (Å²) in [6.07, 6.45) is 2.01. The highest BCUT2D eigenvalue weighted by Gasteiger charge is 2.20. The fourth-order valence-corrected chi connectivity index (χ4v) is 2.31. The number of aromatic nitrogens is 1. The molecule has 1 aromatic heterocycles. The smallest absolute Gasteiger partial charge is 0.0637 e. The van der Waals surface area contributed by atoms with Gasteiger partial charge in [-0.25, -0.2) is 0 Å². The van der Waals surface area contributed by atoms with Crippen molar-refractivity contribution in [3.63, 3.8) is 0 Å². The molecule has 0 fully saturated rings. The zero-order chi connectivity index (χ0) is 12.4. The largest absolute Gasteiger partial charge is 0.394 e. The molecule has 0 spiro atoms. The molecule has 0 aliphatic rings. The van der Waals surface area contributed by atoms with Crippen LogP contribution in [0.3, 0.4) is 0 Å². The number of para-hydroxylation sites is 1. The van der Waals surface area contributed by atoms with Crippen LogP contribution in [0, 0.1) is 5.92 Å². The molecule has 0 radical (unpaired) electrons. The van der Waals surface area contributed by atoms with Gasteiger partial charge < -0.3 is 15.0 Å². The maximum Gasteiger partial charge on any atom is 0.0637 e. The highest BCUT2D eigenvalue weighted by Crippen LogP contribution is 2.28. The standard InChI is InChI=1S/C14H20N2O/c1-10(2)14(9-17)16(3)13-8-15-12-7-5-4-6-11(12)13/h4-8,10,14-15,17H,9H2,1-3H3. The van der Waals surface area contributed by atoms with Crippen LogP contribution in [-0.4, -0.2) is 29.8 Å². The van der Waals surface area contributed by atoms with E-state index in [0.29, 0.717) is 5.92 Å². The number of aliphatic hydroxyl groups excluding tert-OH is 1. The third kappa shape index (κ3) is 2.15. The van der Waals surface area contributed by atoms with Gasteiger partial charge in [0.25, 0.3) is 0 Å². The Labute approximate surface area is 102 Å². The van der Waals surface area contributed by atoms with Crippen LogP contribution in [-0.2, 0) is 0 Å². The highest BCUT2D eigenvalue weighted by molar-refractivity contribution is 5.92. The number of likely N-dealkylation sites (N-methyl/N-ethyl adjacent to an activating group) is 1. The summed E-state index contributed by atoms with van der Waals surface area (Å²) < 4.78 is 0. The molecule has 1 aromatic carbocycles. The lowest BCUT2D eigenvalue weighted by atomic mass is 10.0. The number of rotatable bonds is 4. The minimum atomic E-state index is 0.147. The number of anilines is 1. The van der Waals surface area contributed by atoms with Crippen LogP contribution in [0.2, 0.25) is 0 Å². The van der Waals surface area contributed by atoms with Crippen LogP contribution in [0.25, 0.3) is 10.9 Å². The van der Waals surface area contributed by atoms with E-state index in [0.717, 1.165) is 11.2 Å². The van der Waals surface area contributed by atoms with Gasteiger partial charge in [-0.05, 0) is 12.0 Å². The molecular formula is C14H20N2O. The van der Waals surface area contributed by atoms with Crippen molar-refractivity contribution in [2.45, 2.75) is 19.9 Å². The van der Waals surface area contributed by atoms with Gasteiger partial charge in [-0.3, -0.25) is 0 Å². The summed E-state index contributed by atoms with van der Waals surface area (Å²) >= 11 is 0. The van der Waals surface area contributed by atoms with Gasteiger partial charge in [0.2, 0.25) is 0 Å². The maximum atomic E-state index is 9.49. The number of hydrogen-bond acceptors (Lipinski definition) is 2. The first-order valence-electron chi connectivity index (χ1n) is 6.05. The van der Waals surface area contributed by atoms with Gasteiger partial charge in [-0.15, -0.1) is 0 Å². The molecule has 0 aliphatic carbocycles. The van der Waals surface area contributed by atoms with Crippen molar-refractivity contribution in [1.82, 2.24) is 4.98 Å². The lowest BCUT2D eigenvalue weighted by molar-refractivity contribution is 0.234. The molecule has 17 heavy (non-hydrogen) atoms. The minimum absolute atomic E-state index is 0.147. The van der Waals surface area contributed by atoms with Gasteiger partial charge in [0.1, 0.15) is 0 Å². The van der Waals surface area contributed by atoms with Crippen LogP contribution in [0.1, 0.15) is 13.8 Å². The van der Waals surface area contributed by atoms with Gasteiger partial charge in [0.05, 0.1) is 18.3 Å². The molecular weight excluding hydrogens is 212 g/mol. The number of aromatic amines is 1. The molecule has 2 N–H and O–H groups in total. The SMILES string of the molecule is CC(C)C(CO)N(C)c1c[nH]c2ccccc12. The second-order valence-corrected chi connectivity index (χ2v) is 4.82. The average Bonchev–Trinajstić information content (AvgIpc) is 2.72. The highest BCUT2D eigenvalue weighted by atomic mass is 16.3. The molecule has 2 rings (SSSR count). The summed E-state index contributed by atoms with van der Waals surface area (Å²) in [5.74, 6) is 0.415. The van der Waals surface area contributed by atoms with Crippen molar-refractivity contribution in [2.24, 2.45) is 5.92 Å². The van der Waals surface area contributed by atoms with E-state index in [-0.39, 0.29) is 12.6 Å². The second kappa shape index (κ2) is 4.80. The molecule has 1 atom stereocenters. The van der Waals surface area contributed by atoms with Crippen LogP contribution in [0.15, 0.2) is 30.5 Å². The Kier molecular flexibility index (Phi) is 3.38. The van der Waals surface area contributed by atoms with Gasteiger partial charge in [0.15, 0.2) is 0 Å². The Balaban J connectivity index is 2.39. The average molecular weight is 232 g/mol. The number of hydrogen-bond donors (Lipinski definition) is 2. The molecule has 3 heteroatoms. The van der Waals surface area contributed by atoms with Crippen LogP contribution < -0.4 is 4.90 Å². The minimum Gasteiger partial charge on any atom is -0.394 e. The Morgan fingerprint density at radius 2 is 2.00 bits per heavy atom. The Hall–Kier alpha value is -1.48. The fraction of sp³-hybridized carbons (Fsp3) is 0.429. The van der Waals surface area contributed by atoms with Crippen molar-refractivity contribution in [2.75, 3.05) is 18.6 Å². The van der Waals surface area contributed by atoms with E-state index in [2.05, 4.69) is 35.9 Å². The monoisotopic (exact) mass is 232 g/mol. The molecule has 1 heterocycles. The van der Waals surface area contributed by atoms with Crippen molar-refractivity contribution in [3.8, 4) is 0 Å². The van der Waals surface area contributed by atoms with E-state index in [1.165, 1.54) is 5.39 Å². The second-order valence-electron chi connectivity index (χ2n) is 4.82. The van der Waals surface area contributed by atoms with E-state index in [1.807, 2.05) is 25.4 Å². The number of nitrogens with zero attached hydrogens (tertiary/aromatic N) is 1. The number of aliphatic hydroxyl groups is 1. The number of nitrogens with one attached hydrogen (secondary N) is 1. The molecule has 1 unspecified atom stereocenters. The summed E-state index contributed by atoms with van der Waals surface area (Å²) in [4.78, 5) is 5.42. The van der Waals surface area contributed by atoms with E-state index in [4.69, 9.17) is 0 Å². The lowest BCUT2D eigenvalue weighted by Crippen LogP contribution is -2.38. The van der Waals surface area contributed by atoms with Crippen molar-refractivity contribution in [1.29, 1.82) is 0 Å². The fourth-order valence-electron chi connectivity index (χ4n) is 2.31. The predicted octanol–water partition coefficient (Wildman–Crippen LogP) is 2.62. The van der Waals surface area contributed by atoms with Gasteiger partial charge in [-0.2, -0.15) is 0 Å². The topological polar surface area (TPSA) is 39.3 Å². The zero-order valence-electron chi connectivity index (χ0n) is 10.6. The Morgan fingerprint density at radius 1 is 1.29 bits per heavy atom. The number of benzene rings is 1. The summed E-state index contributed by atoms with van der Waals surface area (Å²) in [6.45, 7) is 4.44. The van der Waals surface area contributed by atoms with Gasteiger partial charge in [0, 0.05) is 24.1 Å².